The lowest BCUT2D eigenvalue weighted by atomic mass is 9.91. The summed E-state index contributed by atoms with van der Waals surface area (Å²) < 4.78 is 59.0. The molecule has 44 heavy (non-hydrogen) atoms. The summed E-state index contributed by atoms with van der Waals surface area (Å²) in [5.74, 6) is -3.57. The van der Waals surface area contributed by atoms with E-state index in [0.717, 1.165) is 36.1 Å². The van der Waals surface area contributed by atoms with Gasteiger partial charge in [0.05, 0.1) is 5.56 Å². The second-order valence-electron chi connectivity index (χ2n) is 11.9. The maximum Gasteiger partial charge on any atom is 0.410 e. The zero-order valence-corrected chi connectivity index (χ0v) is 24.9. The molecule has 0 unspecified atom stereocenters. The molecule has 13 heteroatoms. The first kappa shape index (κ1) is 31.6. The fourth-order valence-electron chi connectivity index (χ4n) is 6.01. The van der Waals surface area contributed by atoms with E-state index in [2.05, 4.69) is 41.0 Å². The first-order valence-corrected chi connectivity index (χ1v) is 14.8. The van der Waals surface area contributed by atoms with Gasteiger partial charge in [-0.15, -0.1) is 0 Å². The Labute approximate surface area is 252 Å². The van der Waals surface area contributed by atoms with Gasteiger partial charge in [-0.3, -0.25) is 14.5 Å². The molecule has 2 amide bonds. The number of ether oxygens (including phenoxy) is 1. The van der Waals surface area contributed by atoms with E-state index in [9.17, 15) is 31.9 Å². The molecule has 238 valence electrons. The summed E-state index contributed by atoms with van der Waals surface area (Å²) in [6, 6.07) is 6.66. The van der Waals surface area contributed by atoms with Crippen molar-refractivity contribution in [1.29, 1.82) is 0 Å². The van der Waals surface area contributed by atoms with E-state index < -0.39 is 54.4 Å². The summed E-state index contributed by atoms with van der Waals surface area (Å²) >= 11 is 0. The van der Waals surface area contributed by atoms with Crippen LogP contribution in [0.25, 0.3) is 5.57 Å². The molecule has 0 radical (unpaired) electrons. The standard InChI is InChI=1S/C31H37F4N5O4/c1-18-16-40(17-19(2)38(18)3)26-7-6-21(37-29(42)25-15-36-27(41)12-24(25)28(32)33)11-23(26)20-5-4-9-39(10-8-20)30(43)44-22-13-31(34,35)14-22/h5-7,11-12,15,18-19,22,28H,4,8-10,13-14,16-17H2,1-3H3,(H,36,41)(H,37,42)/t18-,19+. The lowest BCUT2D eigenvalue weighted by molar-refractivity contribution is -0.147. The maximum absolute atomic E-state index is 13.6. The van der Waals surface area contributed by atoms with Crippen LogP contribution in [0, 0.1) is 0 Å². The number of carbonyl (C=O) groups excluding carboxylic acids is 2. The molecule has 3 aliphatic rings. The number of piperazine rings is 1. The Balaban J connectivity index is 1.39. The third kappa shape index (κ3) is 6.92. The fourth-order valence-corrected chi connectivity index (χ4v) is 6.01. The Morgan fingerprint density at radius 1 is 1.09 bits per heavy atom. The highest BCUT2D eigenvalue weighted by molar-refractivity contribution is 6.05. The van der Waals surface area contributed by atoms with Gasteiger partial charge in [0.2, 0.25) is 5.56 Å². The topological polar surface area (TPSA) is 98.0 Å². The summed E-state index contributed by atoms with van der Waals surface area (Å²) in [5, 5.41) is 2.70. The van der Waals surface area contributed by atoms with Gasteiger partial charge in [-0.25, -0.2) is 22.4 Å². The van der Waals surface area contributed by atoms with Gasteiger partial charge in [-0.2, -0.15) is 0 Å². The predicted octanol–water partition coefficient (Wildman–Crippen LogP) is 5.51. The number of benzene rings is 1. The van der Waals surface area contributed by atoms with Crippen LogP contribution >= 0.6 is 0 Å². The third-order valence-electron chi connectivity index (χ3n) is 8.76. The maximum atomic E-state index is 13.6. The Morgan fingerprint density at radius 2 is 1.80 bits per heavy atom. The van der Waals surface area contributed by atoms with Gasteiger partial charge in [0.1, 0.15) is 6.10 Å². The van der Waals surface area contributed by atoms with Crippen LogP contribution in [0.3, 0.4) is 0 Å². The van der Waals surface area contributed by atoms with Crippen molar-refractivity contribution < 1.29 is 31.9 Å². The number of likely N-dealkylation sites (N-methyl/N-ethyl adjacent to an activating group) is 1. The predicted molar refractivity (Wildman–Crippen MR) is 159 cm³/mol. The SMILES string of the molecule is C[C@@H]1CN(c2ccc(NC(=O)c3c[nH]c(=O)cc3C(F)F)cc2C2=CCCN(C(=O)OC3CC(F)(F)C3)CC2)C[C@H](C)N1C. The number of rotatable bonds is 6. The number of hydrogen-bond acceptors (Lipinski definition) is 6. The highest BCUT2D eigenvalue weighted by Crippen LogP contribution is 2.40. The number of halogens is 4. The Bertz CT molecular complexity index is 1480. The number of aromatic nitrogens is 1. The number of aromatic amines is 1. The van der Waals surface area contributed by atoms with Gasteiger partial charge in [0.15, 0.2) is 0 Å². The van der Waals surface area contributed by atoms with Crippen molar-refractivity contribution in [1.82, 2.24) is 14.8 Å². The van der Waals surface area contributed by atoms with Gasteiger partial charge >= 0.3 is 6.09 Å². The van der Waals surface area contributed by atoms with Crippen molar-refractivity contribution in [3.05, 3.63) is 63.6 Å². The van der Waals surface area contributed by atoms with E-state index in [4.69, 9.17) is 4.74 Å². The van der Waals surface area contributed by atoms with Crippen molar-refractivity contribution in [3.63, 3.8) is 0 Å². The number of H-pyrrole nitrogens is 1. The average Bonchev–Trinajstić information content (AvgIpc) is 3.21. The van der Waals surface area contributed by atoms with E-state index in [1.54, 1.807) is 12.1 Å². The molecule has 1 saturated heterocycles. The van der Waals surface area contributed by atoms with Crippen LogP contribution in [0.2, 0.25) is 0 Å². The lowest BCUT2D eigenvalue weighted by Crippen LogP contribution is -2.55. The summed E-state index contributed by atoms with van der Waals surface area (Å²) in [5.41, 5.74) is 1.35. The second kappa shape index (κ2) is 12.6. The lowest BCUT2D eigenvalue weighted by Gasteiger charge is -2.44. The molecule has 2 atom stereocenters. The molecule has 0 bridgehead atoms. The molecule has 2 N–H and O–H groups in total. The Morgan fingerprint density at radius 3 is 2.45 bits per heavy atom. The van der Waals surface area contributed by atoms with Crippen molar-refractivity contribution in [2.24, 2.45) is 0 Å². The molecule has 1 aliphatic carbocycles. The molecule has 9 nitrogen and oxygen atoms in total. The van der Waals surface area contributed by atoms with Crippen LogP contribution in [-0.2, 0) is 4.74 Å². The fraction of sp³-hybridized carbons (Fsp3) is 0.516. The summed E-state index contributed by atoms with van der Waals surface area (Å²) in [6.45, 7) is 6.48. The number of carbonyl (C=O) groups is 2. The average molecular weight is 620 g/mol. The Hall–Kier alpha value is -3.87. The number of nitrogens with zero attached hydrogens (tertiary/aromatic N) is 3. The van der Waals surface area contributed by atoms with E-state index >= 15 is 0 Å². The normalized spacial score (nSPS) is 22.7. The van der Waals surface area contributed by atoms with Crippen LogP contribution in [0.5, 0.6) is 0 Å². The number of nitrogens with one attached hydrogen (secondary N) is 2. The molecule has 1 saturated carbocycles. The van der Waals surface area contributed by atoms with Gasteiger partial charge in [0.25, 0.3) is 18.3 Å². The monoisotopic (exact) mass is 619 g/mol. The molecule has 3 heterocycles. The highest BCUT2D eigenvalue weighted by Gasteiger charge is 2.48. The molecular formula is C31H37F4N5O4. The quantitative estimate of drug-likeness (QED) is 0.414. The second-order valence-corrected chi connectivity index (χ2v) is 11.9. The van der Waals surface area contributed by atoms with E-state index in [-0.39, 0.29) is 17.6 Å². The van der Waals surface area contributed by atoms with E-state index in [1.165, 1.54) is 4.90 Å². The zero-order chi connectivity index (χ0) is 31.8. The minimum absolute atomic E-state index is 0.270. The van der Waals surface area contributed by atoms with E-state index in [0.29, 0.717) is 37.7 Å². The largest absolute Gasteiger partial charge is 0.446 e. The smallest absolute Gasteiger partial charge is 0.410 e. The van der Waals surface area contributed by atoms with Crippen molar-refractivity contribution in [3.8, 4) is 0 Å². The molecule has 0 spiro atoms. The molecule has 2 aromatic rings. The van der Waals surface area contributed by atoms with E-state index in [1.807, 2.05) is 12.1 Å². The van der Waals surface area contributed by atoms with Crippen LogP contribution < -0.4 is 15.8 Å². The molecule has 1 aromatic heterocycles. The van der Waals surface area contributed by atoms with Gasteiger partial charge in [-0.1, -0.05) is 6.08 Å². The number of anilines is 2. The van der Waals surface area contributed by atoms with Crippen LogP contribution in [-0.4, -0.2) is 84.1 Å². The molecule has 1 aromatic carbocycles. The van der Waals surface area contributed by atoms with Gasteiger partial charge < -0.3 is 24.8 Å². The minimum Gasteiger partial charge on any atom is -0.446 e. The minimum atomic E-state index is -3.01. The van der Waals surface area contributed by atoms with Crippen molar-refractivity contribution >= 4 is 28.9 Å². The van der Waals surface area contributed by atoms with Crippen LogP contribution in [0.15, 0.2) is 41.3 Å². The molecule has 2 aliphatic heterocycles. The Kier molecular flexibility index (Phi) is 9.05. The zero-order valence-electron chi connectivity index (χ0n) is 24.9. The number of pyridine rings is 1. The molecule has 2 fully saturated rings. The number of alkyl halides is 4. The van der Waals surface area contributed by atoms with Crippen molar-refractivity contribution in [2.45, 2.75) is 70.1 Å². The highest BCUT2D eigenvalue weighted by atomic mass is 19.3. The molecule has 5 rings (SSSR count). The number of amides is 2. The van der Waals surface area contributed by atoms with Gasteiger partial charge in [-0.05, 0) is 57.5 Å². The first-order chi connectivity index (χ1) is 20.8. The third-order valence-corrected chi connectivity index (χ3v) is 8.76. The van der Waals surface area contributed by atoms with Crippen LogP contribution in [0.4, 0.5) is 33.7 Å². The molecular weight excluding hydrogens is 582 g/mol. The van der Waals surface area contributed by atoms with Gasteiger partial charge in [0, 0.05) is 85.9 Å². The van der Waals surface area contributed by atoms with Crippen LogP contribution in [0.1, 0.15) is 67.4 Å². The summed E-state index contributed by atoms with van der Waals surface area (Å²) in [4.78, 5) is 45.8. The summed E-state index contributed by atoms with van der Waals surface area (Å²) in [7, 11) is 2.09. The van der Waals surface area contributed by atoms with Crippen molar-refractivity contribution in [2.75, 3.05) is 43.4 Å². The summed E-state index contributed by atoms with van der Waals surface area (Å²) in [6.07, 6.45) is -1.37. The number of hydrogen-bond donors (Lipinski definition) is 2. The first-order valence-electron chi connectivity index (χ1n) is 14.8.